The Balaban J connectivity index is 1.20. The molecule has 0 amide bonds. The Morgan fingerprint density at radius 2 is 1.14 bits per heavy atom. The van der Waals surface area contributed by atoms with Gasteiger partial charge in [0, 0.05) is 18.6 Å². The summed E-state index contributed by atoms with van der Waals surface area (Å²) in [7, 11) is 0. The Morgan fingerprint density at radius 3 is 1.78 bits per heavy atom. The van der Waals surface area contributed by atoms with Crippen molar-refractivity contribution in [3.8, 4) is 23.0 Å². The summed E-state index contributed by atoms with van der Waals surface area (Å²) < 4.78 is 28.1. The number of benzene rings is 5. The summed E-state index contributed by atoms with van der Waals surface area (Å²) >= 11 is 0. The first kappa shape index (κ1) is 36.1. The maximum absolute atomic E-state index is 13.1. The van der Waals surface area contributed by atoms with Crippen LogP contribution in [-0.4, -0.2) is 35.1 Å². The van der Waals surface area contributed by atoms with Gasteiger partial charge in [-0.25, -0.2) is 19.2 Å². The normalized spacial score (nSPS) is 11.4. The number of carbonyl (C=O) groups excluding carboxylic acids is 4. The van der Waals surface area contributed by atoms with Crippen LogP contribution in [0.4, 0.5) is 0 Å². The van der Waals surface area contributed by atoms with Crippen LogP contribution < -0.4 is 18.9 Å². The quantitative estimate of drug-likeness (QED) is 0.0549. The molecule has 0 unspecified atom stereocenters. The molecular formula is C42H38O9. The summed E-state index contributed by atoms with van der Waals surface area (Å²) in [6, 6.07) is 25.7. The van der Waals surface area contributed by atoms with Crippen LogP contribution in [0.25, 0.3) is 21.5 Å². The molecule has 0 N–H and O–H groups in total. The lowest BCUT2D eigenvalue weighted by molar-refractivity contribution is -0.154. The van der Waals surface area contributed by atoms with Crippen molar-refractivity contribution in [1.29, 1.82) is 0 Å². The van der Waals surface area contributed by atoms with Gasteiger partial charge < -0.3 is 23.7 Å². The number of ether oxygens (including phenoxy) is 5. The van der Waals surface area contributed by atoms with Gasteiger partial charge in [-0.1, -0.05) is 37.4 Å². The molecule has 0 spiro atoms. The summed E-state index contributed by atoms with van der Waals surface area (Å²) in [5, 5.41) is 3.57. The van der Waals surface area contributed by atoms with Gasteiger partial charge in [-0.05, 0) is 128 Å². The third-order valence-electron chi connectivity index (χ3n) is 7.87. The van der Waals surface area contributed by atoms with E-state index in [1.807, 2.05) is 38.1 Å². The average molecular weight is 687 g/mol. The molecule has 0 saturated carbocycles. The second-order valence-corrected chi connectivity index (χ2v) is 13.2. The van der Waals surface area contributed by atoms with Crippen LogP contribution in [0, 0.1) is 6.92 Å². The lowest BCUT2D eigenvalue weighted by atomic mass is 9.92. The molecule has 0 aromatic heterocycles. The molecule has 9 nitrogen and oxygen atoms in total. The highest BCUT2D eigenvalue weighted by Gasteiger charge is 2.33. The highest BCUT2D eigenvalue weighted by Crippen LogP contribution is 2.32. The van der Waals surface area contributed by atoms with E-state index in [0.29, 0.717) is 40.4 Å². The molecular weight excluding hydrogens is 648 g/mol. The summed E-state index contributed by atoms with van der Waals surface area (Å²) in [4.78, 5) is 49.3. The molecule has 51 heavy (non-hydrogen) atoms. The van der Waals surface area contributed by atoms with Crippen molar-refractivity contribution in [1.82, 2.24) is 0 Å². The monoisotopic (exact) mass is 686 g/mol. The van der Waals surface area contributed by atoms with Gasteiger partial charge in [-0.3, -0.25) is 0 Å². The average Bonchev–Trinajstić information content (AvgIpc) is 3.08. The molecule has 0 saturated heterocycles. The van der Waals surface area contributed by atoms with Crippen LogP contribution in [0.1, 0.15) is 60.4 Å². The van der Waals surface area contributed by atoms with Gasteiger partial charge in [0.1, 0.15) is 34.2 Å². The van der Waals surface area contributed by atoms with Crippen LogP contribution in [0.5, 0.6) is 23.0 Å². The summed E-state index contributed by atoms with van der Waals surface area (Å²) in [6.45, 7) is 16.0. The maximum Gasteiger partial charge on any atom is 0.343 e. The number of hydrogen-bond donors (Lipinski definition) is 0. The number of hydrogen-bond acceptors (Lipinski definition) is 9. The Kier molecular flexibility index (Phi) is 10.4. The minimum Gasteiger partial charge on any atom is -0.488 e. The van der Waals surface area contributed by atoms with E-state index in [1.165, 1.54) is 0 Å². The molecule has 260 valence electrons. The fraction of sp³-hybridized carbons (Fsp3) is 0.190. The molecule has 0 aliphatic heterocycles. The predicted octanol–water partition coefficient (Wildman–Crippen LogP) is 8.89. The van der Waals surface area contributed by atoms with Crippen molar-refractivity contribution in [3.05, 3.63) is 133 Å². The van der Waals surface area contributed by atoms with Crippen molar-refractivity contribution < 1.29 is 42.9 Å². The predicted molar refractivity (Wildman–Crippen MR) is 195 cm³/mol. The highest BCUT2D eigenvalue weighted by molar-refractivity contribution is 6.09. The second kappa shape index (κ2) is 14.7. The molecule has 5 aromatic rings. The lowest BCUT2D eigenvalue weighted by Crippen LogP contribution is -2.40. The van der Waals surface area contributed by atoms with Crippen LogP contribution in [0.3, 0.4) is 0 Å². The van der Waals surface area contributed by atoms with E-state index in [4.69, 9.17) is 23.7 Å². The molecule has 0 aliphatic carbocycles. The standard InChI is InChI=1S/C42H38O9/c1-8-37(43)47-33-17-20-35-29(24-33)11-10-28-23-30(14-19-34(28)35)40(46)49-36-21-18-32(22-26(36)3)48-39(45)27-12-15-31(16-13-27)50-41(4,5)25-42(6,7)51-38(44)9-2/h8-24H,1-2,25H2,3-7H3. The van der Waals surface area contributed by atoms with E-state index in [-0.39, 0.29) is 5.75 Å². The van der Waals surface area contributed by atoms with Gasteiger partial charge >= 0.3 is 23.9 Å². The third-order valence-corrected chi connectivity index (χ3v) is 7.87. The number of carbonyl (C=O) groups is 4. The Hall–Kier alpha value is -6.22. The second-order valence-electron chi connectivity index (χ2n) is 13.2. The van der Waals surface area contributed by atoms with Crippen molar-refractivity contribution in [2.45, 2.75) is 52.2 Å². The van der Waals surface area contributed by atoms with Gasteiger partial charge in [0.2, 0.25) is 0 Å². The lowest BCUT2D eigenvalue weighted by Gasteiger charge is -2.34. The molecule has 9 heteroatoms. The Morgan fingerprint density at radius 1 is 0.588 bits per heavy atom. The minimum absolute atomic E-state index is 0.287. The molecule has 0 fully saturated rings. The van der Waals surface area contributed by atoms with Crippen LogP contribution in [0.15, 0.2) is 116 Å². The number of aryl methyl sites for hydroxylation is 1. The van der Waals surface area contributed by atoms with E-state index in [2.05, 4.69) is 13.2 Å². The zero-order chi connectivity index (χ0) is 36.9. The third kappa shape index (κ3) is 9.07. The smallest absolute Gasteiger partial charge is 0.343 e. The zero-order valence-corrected chi connectivity index (χ0v) is 29.1. The fourth-order valence-corrected chi connectivity index (χ4v) is 5.91. The Bertz CT molecular complexity index is 2180. The summed E-state index contributed by atoms with van der Waals surface area (Å²) in [5.74, 6) is -0.591. The molecule has 5 rings (SSSR count). The van der Waals surface area contributed by atoms with Gasteiger partial charge in [0.05, 0.1) is 11.1 Å². The zero-order valence-electron chi connectivity index (χ0n) is 29.1. The molecule has 0 radical (unpaired) electrons. The van der Waals surface area contributed by atoms with Gasteiger partial charge in [-0.2, -0.15) is 0 Å². The van der Waals surface area contributed by atoms with E-state index < -0.39 is 35.1 Å². The summed E-state index contributed by atoms with van der Waals surface area (Å²) in [6.07, 6.45) is 2.64. The summed E-state index contributed by atoms with van der Waals surface area (Å²) in [5.41, 5.74) is -0.190. The molecule has 0 bridgehead atoms. The number of rotatable bonds is 12. The number of esters is 4. The number of fused-ring (bicyclic) bond motifs is 3. The van der Waals surface area contributed by atoms with Crippen molar-refractivity contribution >= 4 is 45.4 Å². The SMILES string of the molecule is C=CC(=O)Oc1ccc2c(ccc3cc(C(=O)Oc4ccc(OC(=O)c5ccc(OC(C)(C)CC(C)(C)OC(=O)C=C)cc5)cc4C)ccc32)c1. The van der Waals surface area contributed by atoms with Crippen molar-refractivity contribution in [2.75, 3.05) is 0 Å². The molecule has 0 heterocycles. The van der Waals surface area contributed by atoms with Crippen LogP contribution in [0.2, 0.25) is 0 Å². The van der Waals surface area contributed by atoms with E-state index in [1.54, 1.807) is 87.5 Å². The minimum atomic E-state index is -0.782. The van der Waals surface area contributed by atoms with Crippen LogP contribution >= 0.6 is 0 Å². The molecule has 0 aliphatic rings. The topological polar surface area (TPSA) is 114 Å². The first-order valence-electron chi connectivity index (χ1n) is 16.2. The van der Waals surface area contributed by atoms with Crippen molar-refractivity contribution in [2.24, 2.45) is 0 Å². The maximum atomic E-state index is 13.1. The first-order chi connectivity index (χ1) is 24.1. The van der Waals surface area contributed by atoms with Crippen molar-refractivity contribution in [3.63, 3.8) is 0 Å². The highest BCUT2D eigenvalue weighted by atomic mass is 16.6. The molecule has 0 atom stereocenters. The van der Waals surface area contributed by atoms with E-state index in [9.17, 15) is 19.2 Å². The van der Waals surface area contributed by atoms with Gasteiger partial charge in [-0.15, -0.1) is 0 Å². The fourth-order valence-electron chi connectivity index (χ4n) is 5.91. The Labute approximate surface area is 296 Å². The largest absolute Gasteiger partial charge is 0.488 e. The first-order valence-corrected chi connectivity index (χ1v) is 16.2. The van der Waals surface area contributed by atoms with Gasteiger partial charge in [0.15, 0.2) is 0 Å². The van der Waals surface area contributed by atoms with Gasteiger partial charge in [0.25, 0.3) is 0 Å². The molecule has 5 aromatic carbocycles. The van der Waals surface area contributed by atoms with E-state index >= 15 is 0 Å². The van der Waals surface area contributed by atoms with Crippen LogP contribution in [-0.2, 0) is 14.3 Å². The van der Waals surface area contributed by atoms with E-state index in [0.717, 1.165) is 33.7 Å².